The Labute approximate surface area is 135 Å². The van der Waals surface area contributed by atoms with Crippen molar-refractivity contribution in [3.8, 4) is 0 Å². The van der Waals surface area contributed by atoms with Crippen LogP contribution in [0.3, 0.4) is 0 Å². The molecule has 1 saturated carbocycles. The Morgan fingerprint density at radius 2 is 1.82 bits per heavy atom. The molecule has 0 radical (unpaired) electrons. The number of nitrogens with zero attached hydrogens (tertiary/aromatic N) is 2. The van der Waals surface area contributed by atoms with Gasteiger partial charge in [0, 0.05) is 11.5 Å². The maximum atomic E-state index is 12.3. The van der Waals surface area contributed by atoms with Crippen LogP contribution in [0.1, 0.15) is 52.9 Å². The molecule has 0 saturated heterocycles. The molecule has 0 aromatic carbocycles. The van der Waals surface area contributed by atoms with Crippen molar-refractivity contribution in [3.05, 3.63) is 0 Å². The van der Waals surface area contributed by atoms with E-state index in [0.29, 0.717) is 0 Å². The predicted molar refractivity (Wildman–Crippen MR) is 85.2 cm³/mol. The van der Waals surface area contributed by atoms with Gasteiger partial charge in [-0.15, -0.1) is 10.2 Å². The van der Waals surface area contributed by atoms with E-state index in [1.807, 2.05) is 0 Å². The van der Waals surface area contributed by atoms with Gasteiger partial charge in [0.05, 0.1) is 0 Å². The molecule has 0 bridgehead atoms. The monoisotopic (exact) mass is 346 g/mol. The Morgan fingerprint density at radius 1 is 1.18 bits per heavy atom. The van der Waals surface area contributed by atoms with Gasteiger partial charge < -0.3 is 5.32 Å². The maximum Gasteiger partial charge on any atom is 0.270 e. The Hall–Kier alpha value is -1.06. The standard InChI is InChI=1S/C13H22N4O3S2/c1-13(2,3)10(18)14-11-15-16-12(21-11)22(19,20)17-9-7-5-4-6-8-9/h9,17H,4-8H2,1-3H3,(H,14,15,18). The first-order chi connectivity index (χ1) is 10.2. The van der Waals surface area contributed by atoms with Gasteiger partial charge in [0.15, 0.2) is 0 Å². The van der Waals surface area contributed by atoms with Crippen molar-refractivity contribution in [2.75, 3.05) is 5.32 Å². The summed E-state index contributed by atoms with van der Waals surface area (Å²) in [4.78, 5) is 11.9. The molecule has 0 spiro atoms. The fraction of sp³-hybridized carbons (Fsp3) is 0.769. The molecule has 1 aromatic rings. The van der Waals surface area contributed by atoms with Crippen LogP contribution in [0.2, 0.25) is 0 Å². The Kier molecular flexibility index (Phi) is 5.18. The van der Waals surface area contributed by atoms with E-state index >= 15 is 0 Å². The quantitative estimate of drug-likeness (QED) is 0.813. The lowest BCUT2D eigenvalue weighted by Gasteiger charge is -2.21. The number of sulfonamides is 1. The SMILES string of the molecule is CC(C)(C)C(=O)Nc1nnc(S(=O)(=O)NC2CCCCC2)s1. The summed E-state index contributed by atoms with van der Waals surface area (Å²) in [7, 11) is -3.67. The zero-order valence-corrected chi connectivity index (χ0v) is 14.7. The largest absolute Gasteiger partial charge is 0.300 e. The van der Waals surface area contributed by atoms with Crippen LogP contribution in [0.5, 0.6) is 0 Å². The first-order valence-electron chi connectivity index (χ1n) is 7.36. The summed E-state index contributed by atoms with van der Waals surface area (Å²) in [6, 6.07) is -0.0322. The van der Waals surface area contributed by atoms with Crippen molar-refractivity contribution in [1.29, 1.82) is 0 Å². The molecular weight excluding hydrogens is 324 g/mol. The molecule has 1 heterocycles. The topological polar surface area (TPSA) is 101 Å². The van der Waals surface area contributed by atoms with E-state index in [4.69, 9.17) is 0 Å². The van der Waals surface area contributed by atoms with Gasteiger partial charge in [-0.3, -0.25) is 4.79 Å². The molecule has 22 heavy (non-hydrogen) atoms. The second-order valence-corrected chi connectivity index (χ2v) is 9.40. The van der Waals surface area contributed by atoms with Crippen molar-refractivity contribution in [1.82, 2.24) is 14.9 Å². The van der Waals surface area contributed by atoms with Crippen LogP contribution in [0.15, 0.2) is 4.34 Å². The van der Waals surface area contributed by atoms with Crippen LogP contribution in [-0.2, 0) is 14.8 Å². The third kappa shape index (κ3) is 4.47. The highest BCUT2D eigenvalue weighted by Crippen LogP contribution is 2.24. The van der Waals surface area contributed by atoms with Crippen LogP contribution in [0, 0.1) is 5.41 Å². The molecule has 0 aliphatic heterocycles. The van der Waals surface area contributed by atoms with Crippen LogP contribution in [0.25, 0.3) is 0 Å². The third-order valence-corrected chi connectivity index (χ3v) is 6.19. The maximum absolute atomic E-state index is 12.3. The Balaban J connectivity index is 2.04. The number of aromatic nitrogens is 2. The van der Waals surface area contributed by atoms with E-state index in [1.54, 1.807) is 20.8 Å². The van der Waals surface area contributed by atoms with Crippen LogP contribution in [-0.4, -0.2) is 30.6 Å². The van der Waals surface area contributed by atoms with Crippen LogP contribution in [0.4, 0.5) is 5.13 Å². The minimum Gasteiger partial charge on any atom is -0.300 e. The highest BCUT2D eigenvalue weighted by molar-refractivity contribution is 7.91. The Morgan fingerprint density at radius 3 is 2.41 bits per heavy atom. The average Bonchev–Trinajstić information content (AvgIpc) is 2.87. The molecule has 124 valence electrons. The lowest BCUT2D eigenvalue weighted by molar-refractivity contribution is -0.123. The zero-order valence-electron chi connectivity index (χ0n) is 13.0. The highest BCUT2D eigenvalue weighted by atomic mass is 32.2. The smallest absolute Gasteiger partial charge is 0.270 e. The van der Waals surface area contributed by atoms with Gasteiger partial charge >= 0.3 is 0 Å². The number of carbonyl (C=O) groups excluding carboxylic acids is 1. The van der Waals surface area contributed by atoms with Crippen molar-refractivity contribution >= 4 is 32.4 Å². The van der Waals surface area contributed by atoms with Gasteiger partial charge in [-0.05, 0) is 12.8 Å². The Bertz CT molecular complexity index is 628. The molecule has 7 nitrogen and oxygen atoms in total. The summed E-state index contributed by atoms with van der Waals surface area (Å²) in [6.45, 7) is 5.31. The molecule has 9 heteroatoms. The predicted octanol–water partition coefficient (Wildman–Crippen LogP) is 2.13. The van der Waals surface area contributed by atoms with Crippen molar-refractivity contribution in [2.24, 2.45) is 5.41 Å². The van der Waals surface area contributed by atoms with Crippen LogP contribution < -0.4 is 10.0 Å². The number of carbonyl (C=O) groups is 1. The number of nitrogens with one attached hydrogen (secondary N) is 2. The average molecular weight is 346 g/mol. The normalized spacial score (nSPS) is 17.4. The summed E-state index contributed by atoms with van der Waals surface area (Å²) < 4.78 is 27.1. The molecule has 1 aliphatic carbocycles. The second-order valence-electron chi connectivity index (χ2n) is 6.53. The van der Waals surface area contributed by atoms with E-state index in [1.165, 1.54) is 0 Å². The van der Waals surface area contributed by atoms with Crippen molar-refractivity contribution < 1.29 is 13.2 Å². The minimum absolute atomic E-state index is 0.0322. The van der Waals surface area contributed by atoms with Crippen LogP contribution >= 0.6 is 11.3 Å². The fourth-order valence-corrected chi connectivity index (χ4v) is 4.36. The van der Waals surface area contributed by atoms with Gasteiger partial charge in [-0.25, -0.2) is 13.1 Å². The van der Waals surface area contributed by atoms with E-state index < -0.39 is 15.4 Å². The van der Waals surface area contributed by atoms with Gasteiger partial charge in [-0.2, -0.15) is 0 Å². The van der Waals surface area contributed by atoms with Gasteiger partial charge in [0.2, 0.25) is 15.4 Å². The van der Waals surface area contributed by atoms with E-state index in [2.05, 4.69) is 20.2 Å². The lowest BCUT2D eigenvalue weighted by Crippen LogP contribution is -2.36. The molecule has 0 unspecified atom stereocenters. The first kappa shape index (κ1) is 17.3. The molecule has 2 N–H and O–H groups in total. The number of rotatable bonds is 4. The highest BCUT2D eigenvalue weighted by Gasteiger charge is 2.27. The summed E-state index contributed by atoms with van der Waals surface area (Å²) in [5.41, 5.74) is -0.578. The number of anilines is 1. The molecule has 1 fully saturated rings. The van der Waals surface area contributed by atoms with Crippen molar-refractivity contribution in [3.63, 3.8) is 0 Å². The molecule has 2 rings (SSSR count). The molecule has 1 amide bonds. The van der Waals surface area contributed by atoms with Gasteiger partial charge in [0.1, 0.15) is 0 Å². The number of hydrogen-bond acceptors (Lipinski definition) is 6. The van der Waals surface area contributed by atoms with E-state index in [-0.39, 0.29) is 21.4 Å². The van der Waals surface area contributed by atoms with Gasteiger partial charge in [0.25, 0.3) is 10.0 Å². The molecule has 1 aromatic heterocycles. The zero-order chi connectivity index (χ0) is 16.4. The lowest BCUT2D eigenvalue weighted by atomic mass is 9.96. The number of amides is 1. The third-order valence-electron chi connectivity index (χ3n) is 3.46. The van der Waals surface area contributed by atoms with Gasteiger partial charge in [-0.1, -0.05) is 51.4 Å². The molecular formula is C13H22N4O3S2. The molecule has 0 atom stereocenters. The van der Waals surface area contributed by atoms with E-state index in [9.17, 15) is 13.2 Å². The summed E-state index contributed by atoms with van der Waals surface area (Å²) >= 11 is 0.868. The first-order valence-corrected chi connectivity index (χ1v) is 9.66. The summed E-state index contributed by atoms with van der Waals surface area (Å²) in [5, 5.41) is 10.2. The summed E-state index contributed by atoms with van der Waals surface area (Å²) in [5.74, 6) is -0.229. The summed E-state index contributed by atoms with van der Waals surface area (Å²) in [6.07, 6.45) is 4.93. The fourth-order valence-electron chi connectivity index (χ4n) is 2.14. The minimum atomic E-state index is -3.67. The van der Waals surface area contributed by atoms with Crippen molar-refractivity contribution in [2.45, 2.75) is 63.3 Å². The van der Waals surface area contributed by atoms with E-state index in [0.717, 1.165) is 43.4 Å². The number of hydrogen-bond donors (Lipinski definition) is 2. The molecule has 1 aliphatic rings. The second kappa shape index (κ2) is 6.59.